The lowest BCUT2D eigenvalue weighted by Crippen LogP contribution is -2.24. The number of fused-ring (bicyclic) bond motifs is 3. The molecule has 0 bridgehead atoms. The summed E-state index contributed by atoms with van der Waals surface area (Å²) in [5.74, 6) is 2.09. The Morgan fingerprint density at radius 3 is 2.39 bits per heavy atom. The summed E-state index contributed by atoms with van der Waals surface area (Å²) >= 11 is 0. The maximum Gasteiger partial charge on any atom is 0.277 e. The predicted molar refractivity (Wildman–Crippen MR) is 108 cm³/mol. The molecule has 144 valence electrons. The molecule has 0 amide bonds. The van der Waals surface area contributed by atoms with Gasteiger partial charge in [-0.3, -0.25) is 13.8 Å². The van der Waals surface area contributed by atoms with Gasteiger partial charge in [-0.25, -0.2) is 4.98 Å². The van der Waals surface area contributed by atoms with Gasteiger partial charge in [-0.05, 0) is 30.7 Å². The molecule has 0 unspecified atom stereocenters. The van der Waals surface area contributed by atoms with Crippen molar-refractivity contribution in [3.05, 3.63) is 63.8 Å². The fourth-order valence-electron chi connectivity index (χ4n) is 3.52. The maximum atomic E-state index is 13.4. The molecule has 3 aromatic heterocycles. The second-order valence-electron chi connectivity index (χ2n) is 6.59. The lowest BCUT2D eigenvalue weighted by Gasteiger charge is -2.14. The summed E-state index contributed by atoms with van der Waals surface area (Å²) in [6.07, 6.45) is 0.699. The van der Waals surface area contributed by atoms with Crippen molar-refractivity contribution < 1.29 is 9.47 Å². The summed E-state index contributed by atoms with van der Waals surface area (Å²) in [7, 11) is 3.21. The van der Waals surface area contributed by atoms with Gasteiger partial charge in [0, 0.05) is 12.5 Å². The molecule has 0 atom stereocenters. The van der Waals surface area contributed by atoms with Crippen molar-refractivity contribution in [3.63, 3.8) is 0 Å². The number of ether oxygens (including phenoxy) is 2. The van der Waals surface area contributed by atoms with Crippen LogP contribution >= 0.6 is 0 Å². The normalized spacial score (nSPS) is 11.3. The summed E-state index contributed by atoms with van der Waals surface area (Å²) in [6, 6.07) is 11.3. The Labute approximate surface area is 162 Å². The van der Waals surface area contributed by atoms with E-state index in [2.05, 4.69) is 9.97 Å². The molecule has 0 radical (unpaired) electrons. The number of rotatable bonds is 5. The Hall–Kier alpha value is -3.35. The molecule has 7 heteroatoms. The Kier molecular flexibility index (Phi) is 4.50. The minimum atomic E-state index is -0.0833. The predicted octanol–water partition coefficient (Wildman–Crippen LogP) is 2.98. The highest BCUT2D eigenvalue weighted by molar-refractivity contribution is 5.77. The third-order valence-corrected chi connectivity index (χ3v) is 4.93. The molecule has 0 aliphatic carbocycles. The molecule has 0 aliphatic rings. The summed E-state index contributed by atoms with van der Waals surface area (Å²) in [5, 5.41) is 0. The first kappa shape index (κ1) is 18.0. The van der Waals surface area contributed by atoms with E-state index < -0.39 is 0 Å². The number of hydrogen-bond acceptors (Lipinski definition) is 5. The SMILES string of the molecule is CCc1nc(C)c2c(=O)n(Cc3ccc(OC)cc3)c3ccc(OC)nc3n12. The molecule has 0 spiro atoms. The van der Waals surface area contributed by atoms with Crippen LogP contribution in [0.4, 0.5) is 0 Å². The lowest BCUT2D eigenvalue weighted by molar-refractivity contribution is 0.399. The Morgan fingerprint density at radius 1 is 1.00 bits per heavy atom. The van der Waals surface area contributed by atoms with Gasteiger partial charge in [-0.15, -0.1) is 0 Å². The van der Waals surface area contributed by atoms with Gasteiger partial charge < -0.3 is 9.47 Å². The van der Waals surface area contributed by atoms with Crippen molar-refractivity contribution in [3.8, 4) is 11.6 Å². The first-order valence-electron chi connectivity index (χ1n) is 9.15. The van der Waals surface area contributed by atoms with Gasteiger partial charge in [-0.2, -0.15) is 4.98 Å². The van der Waals surface area contributed by atoms with E-state index in [1.807, 2.05) is 48.6 Å². The van der Waals surface area contributed by atoms with Crippen LogP contribution in [0.1, 0.15) is 24.0 Å². The number of hydrogen-bond donors (Lipinski definition) is 0. The van der Waals surface area contributed by atoms with E-state index in [0.717, 1.165) is 22.7 Å². The number of aromatic nitrogens is 4. The van der Waals surface area contributed by atoms with Crippen LogP contribution < -0.4 is 15.0 Å². The first-order chi connectivity index (χ1) is 13.6. The summed E-state index contributed by atoms with van der Waals surface area (Å²) in [5.41, 5.74) is 3.58. The molecule has 1 aromatic carbocycles. The van der Waals surface area contributed by atoms with Crippen LogP contribution in [0.25, 0.3) is 16.7 Å². The van der Waals surface area contributed by atoms with E-state index in [-0.39, 0.29) is 5.56 Å². The molecule has 0 saturated heterocycles. The smallest absolute Gasteiger partial charge is 0.277 e. The van der Waals surface area contributed by atoms with E-state index in [4.69, 9.17) is 9.47 Å². The number of benzene rings is 1. The summed E-state index contributed by atoms with van der Waals surface area (Å²) < 4.78 is 14.1. The van der Waals surface area contributed by atoms with Crippen LogP contribution in [-0.2, 0) is 13.0 Å². The van der Waals surface area contributed by atoms with Crippen molar-refractivity contribution >= 4 is 16.7 Å². The third kappa shape index (κ3) is 2.79. The molecule has 0 N–H and O–H groups in total. The number of aryl methyl sites for hydroxylation is 2. The van der Waals surface area contributed by atoms with Gasteiger partial charge in [0.15, 0.2) is 5.65 Å². The van der Waals surface area contributed by atoms with Gasteiger partial charge >= 0.3 is 0 Å². The highest BCUT2D eigenvalue weighted by Crippen LogP contribution is 2.22. The van der Waals surface area contributed by atoms with Crippen LogP contribution in [0.15, 0.2) is 41.2 Å². The number of imidazole rings is 1. The van der Waals surface area contributed by atoms with Crippen LogP contribution in [0, 0.1) is 6.92 Å². The second kappa shape index (κ2) is 6.99. The van der Waals surface area contributed by atoms with Crippen molar-refractivity contribution in [2.45, 2.75) is 26.8 Å². The van der Waals surface area contributed by atoms with Crippen LogP contribution in [0.5, 0.6) is 11.6 Å². The molecule has 0 fully saturated rings. The molecule has 4 aromatic rings. The van der Waals surface area contributed by atoms with Crippen molar-refractivity contribution in [1.82, 2.24) is 18.9 Å². The minimum absolute atomic E-state index is 0.0833. The fraction of sp³-hybridized carbons (Fsp3) is 0.286. The monoisotopic (exact) mass is 378 g/mol. The lowest BCUT2D eigenvalue weighted by atomic mass is 10.2. The molecule has 4 rings (SSSR count). The van der Waals surface area contributed by atoms with Crippen LogP contribution in [0.2, 0.25) is 0 Å². The third-order valence-electron chi connectivity index (χ3n) is 4.93. The van der Waals surface area contributed by atoms with Crippen molar-refractivity contribution in [2.24, 2.45) is 0 Å². The number of methoxy groups -OCH3 is 2. The van der Waals surface area contributed by atoms with E-state index in [1.165, 1.54) is 0 Å². The van der Waals surface area contributed by atoms with E-state index in [1.54, 1.807) is 24.9 Å². The molecule has 7 nitrogen and oxygen atoms in total. The van der Waals surface area contributed by atoms with E-state index in [0.29, 0.717) is 35.7 Å². The van der Waals surface area contributed by atoms with Gasteiger partial charge in [-0.1, -0.05) is 19.1 Å². The second-order valence-corrected chi connectivity index (χ2v) is 6.59. The highest BCUT2D eigenvalue weighted by Gasteiger charge is 2.19. The van der Waals surface area contributed by atoms with Gasteiger partial charge in [0.25, 0.3) is 5.56 Å². The standard InChI is InChI=1S/C21H22N4O3/c1-5-17-22-13(2)19-21(26)24(12-14-6-8-15(27-3)9-7-14)16-10-11-18(28-4)23-20(16)25(17)19/h6-11H,5,12H2,1-4H3. The Bertz CT molecular complexity index is 1220. The highest BCUT2D eigenvalue weighted by atomic mass is 16.5. The average molecular weight is 378 g/mol. The van der Waals surface area contributed by atoms with E-state index in [9.17, 15) is 4.79 Å². The fourth-order valence-corrected chi connectivity index (χ4v) is 3.52. The van der Waals surface area contributed by atoms with Crippen molar-refractivity contribution in [1.29, 1.82) is 0 Å². The van der Waals surface area contributed by atoms with Crippen LogP contribution in [0.3, 0.4) is 0 Å². The summed E-state index contributed by atoms with van der Waals surface area (Å²) in [4.78, 5) is 22.6. The molecule has 28 heavy (non-hydrogen) atoms. The van der Waals surface area contributed by atoms with Gasteiger partial charge in [0.05, 0.1) is 32.0 Å². The molecule has 3 heterocycles. The zero-order chi connectivity index (χ0) is 19.8. The molecular formula is C21H22N4O3. The van der Waals surface area contributed by atoms with Gasteiger partial charge in [0.2, 0.25) is 5.88 Å². The molecule has 0 aliphatic heterocycles. The Morgan fingerprint density at radius 2 is 1.75 bits per heavy atom. The topological polar surface area (TPSA) is 70.7 Å². The zero-order valence-corrected chi connectivity index (χ0v) is 16.4. The molecular weight excluding hydrogens is 356 g/mol. The minimum Gasteiger partial charge on any atom is -0.497 e. The molecule has 0 saturated carbocycles. The quantitative estimate of drug-likeness (QED) is 0.534. The average Bonchev–Trinajstić information content (AvgIpc) is 3.08. The Balaban J connectivity index is 2.02. The number of pyridine rings is 1. The van der Waals surface area contributed by atoms with Crippen molar-refractivity contribution in [2.75, 3.05) is 14.2 Å². The number of nitrogens with zero attached hydrogens (tertiary/aromatic N) is 4. The largest absolute Gasteiger partial charge is 0.497 e. The van der Waals surface area contributed by atoms with Crippen LogP contribution in [-0.4, -0.2) is 33.2 Å². The van der Waals surface area contributed by atoms with E-state index >= 15 is 0 Å². The van der Waals surface area contributed by atoms with Gasteiger partial charge in [0.1, 0.15) is 17.1 Å². The summed E-state index contributed by atoms with van der Waals surface area (Å²) in [6.45, 7) is 4.30. The first-order valence-corrected chi connectivity index (χ1v) is 9.15. The zero-order valence-electron chi connectivity index (χ0n) is 16.4. The maximum absolute atomic E-state index is 13.4.